The Hall–Kier alpha value is 0.0543. The van der Waals surface area contributed by atoms with Crippen molar-refractivity contribution in [1.29, 1.82) is 0 Å². The van der Waals surface area contributed by atoms with Gasteiger partial charge in [0.25, 0.3) is 0 Å². The molecule has 0 saturated heterocycles. The summed E-state index contributed by atoms with van der Waals surface area (Å²) in [5, 5.41) is 0. The summed E-state index contributed by atoms with van der Waals surface area (Å²) >= 11 is 0. The molecule has 0 bridgehead atoms. The van der Waals surface area contributed by atoms with E-state index in [9.17, 15) is 9.59 Å². The third-order valence-corrected chi connectivity index (χ3v) is 1.15. The minimum Gasteiger partial charge on any atom is -0.291 e. The van der Waals surface area contributed by atoms with Crippen molar-refractivity contribution in [2.45, 2.75) is 33.1 Å². The fraction of sp³-hybridized carbons (Fsp3) is 0.714. The van der Waals surface area contributed by atoms with Crippen LogP contribution in [-0.4, -0.2) is 11.6 Å². The van der Waals surface area contributed by atoms with E-state index in [1.54, 1.807) is 0 Å². The van der Waals surface area contributed by atoms with Gasteiger partial charge in [0.2, 0.25) is 0 Å². The van der Waals surface area contributed by atoms with Gasteiger partial charge >= 0.3 is 0 Å². The second-order valence-corrected chi connectivity index (χ2v) is 2.08. The maximum atomic E-state index is 10.6. The summed E-state index contributed by atoms with van der Waals surface area (Å²) in [6.45, 7) is 3.31. The van der Waals surface area contributed by atoms with Crippen molar-refractivity contribution in [2.75, 3.05) is 0 Å². The van der Waals surface area contributed by atoms with E-state index in [-0.39, 0.29) is 33.3 Å². The molecule has 0 radical (unpaired) electrons. The predicted molar refractivity (Wildman–Crippen MR) is 35.2 cm³/mol. The number of rotatable bonds is 4. The van der Waals surface area contributed by atoms with Crippen LogP contribution in [-0.2, 0) is 31.3 Å². The molecule has 3 heteroatoms. The Morgan fingerprint density at radius 1 is 1.30 bits per heavy atom. The molecule has 0 aliphatic carbocycles. The summed E-state index contributed by atoms with van der Waals surface area (Å²) < 4.78 is 0. The molecule has 0 aromatic heterocycles. The fourth-order valence-electron chi connectivity index (χ4n) is 0.513. The zero-order chi connectivity index (χ0) is 7.28. The van der Waals surface area contributed by atoms with E-state index in [1.165, 1.54) is 6.92 Å². The monoisotopic (exact) mass is 176 g/mol. The molecule has 0 rings (SSSR count). The molecule has 0 N–H and O–H groups in total. The Kier molecular flexibility index (Phi) is 9.10. The van der Waals surface area contributed by atoms with Crippen LogP contribution in [0.4, 0.5) is 0 Å². The number of unbranched alkanes of at least 4 members (excludes halogenated alkanes) is 1. The molecule has 0 aliphatic heterocycles. The number of hydrogen-bond donors (Lipinski definition) is 0. The molecule has 0 aromatic carbocycles. The first-order valence-electron chi connectivity index (χ1n) is 3.22. The molecular formula is C7H12O2Ti. The summed E-state index contributed by atoms with van der Waals surface area (Å²) in [4.78, 5) is 20.9. The zero-order valence-corrected chi connectivity index (χ0v) is 8.00. The maximum absolute atomic E-state index is 10.6. The summed E-state index contributed by atoms with van der Waals surface area (Å²) in [5.41, 5.74) is 0. The van der Waals surface area contributed by atoms with E-state index in [2.05, 4.69) is 0 Å². The van der Waals surface area contributed by atoms with Gasteiger partial charge in [-0.1, -0.05) is 13.3 Å². The molecule has 10 heavy (non-hydrogen) atoms. The van der Waals surface area contributed by atoms with Gasteiger partial charge in [0, 0.05) is 35.1 Å². The summed E-state index contributed by atoms with van der Waals surface area (Å²) in [6, 6.07) is 0. The van der Waals surface area contributed by atoms with Crippen molar-refractivity contribution >= 4 is 11.6 Å². The first-order valence-corrected chi connectivity index (χ1v) is 3.22. The van der Waals surface area contributed by atoms with Gasteiger partial charge in [-0.05, 0) is 6.42 Å². The molecule has 0 atom stereocenters. The van der Waals surface area contributed by atoms with Crippen LogP contribution in [0.5, 0.6) is 0 Å². The summed E-state index contributed by atoms with van der Waals surface area (Å²) in [6.07, 6.45) is 2.23. The van der Waals surface area contributed by atoms with Gasteiger partial charge in [0.15, 0.2) is 11.6 Å². The van der Waals surface area contributed by atoms with Crippen LogP contribution < -0.4 is 0 Å². The Bertz CT molecular complexity index is 121. The van der Waals surface area contributed by atoms with Gasteiger partial charge in [-0.25, -0.2) is 0 Å². The Labute approximate surface area is 76.3 Å². The first-order chi connectivity index (χ1) is 4.18. The first kappa shape index (κ1) is 12.7. The van der Waals surface area contributed by atoms with Crippen molar-refractivity contribution in [1.82, 2.24) is 0 Å². The Morgan fingerprint density at radius 2 is 1.80 bits per heavy atom. The van der Waals surface area contributed by atoms with Gasteiger partial charge in [-0.15, -0.1) is 0 Å². The van der Waals surface area contributed by atoms with Crippen LogP contribution in [0, 0.1) is 0 Å². The van der Waals surface area contributed by atoms with Crippen LogP contribution in [0.25, 0.3) is 0 Å². The smallest absolute Gasteiger partial charge is 0.198 e. The van der Waals surface area contributed by atoms with Crippen LogP contribution in [0.2, 0.25) is 0 Å². The minimum atomic E-state index is -0.316. The van der Waals surface area contributed by atoms with Crippen LogP contribution in [0.1, 0.15) is 33.1 Å². The molecular weight excluding hydrogens is 164 g/mol. The average molecular weight is 176 g/mol. The topological polar surface area (TPSA) is 34.1 Å². The van der Waals surface area contributed by atoms with Gasteiger partial charge in [-0.3, -0.25) is 9.59 Å². The fourth-order valence-corrected chi connectivity index (χ4v) is 0.513. The third kappa shape index (κ3) is 6.18. The molecule has 0 saturated carbocycles. The number of Topliss-reactive ketones (excluding diaryl/α,β-unsaturated/α-hetero) is 2. The molecule has 0 fully saturated rings. The standard InChI is InChI=1S/C7H12O2.Ti/c1-3-4-5-7(9)6(2)8;/h3-5H2,1-2H3;. The van der Waals surface area contributed by atoms with E-state index in [0.29, 0.717) is 6.42 Å². The number of ketones is 2. The van der Waals surface area contributed by atoms with Crippen molar-refractivity contribution < 1.29 is 31.3 Å². The molecule has 0 amide bonds. The molecule has 2 nitrogen and oxygen atoms in total. The molecule has 0 aromatic rings. The minimum absolute atomic E-state index is 0. The quantitative estimate of drug-likeness (QED) is 0.478. The summed E-state index contributed by atoms with van der Waals surface area (Å²) in [5.74, 6) is -0.555. The molecule has 0 spiro atoms. The van der Waals surface area contributed by atoms with E-state index in [4.69, 9.17) is 0 Å². The number of carbonyl (C=O) groups excluding carboxylic acids is 2. The van der Waals surface area contributed by atoms with E-state index >= 15 is 0 Å². The van der Waals surface area contributed by atoms with Crippen molar-refractivity contribution in [2.24, 2.45) is 0 Å². The van der Waals surface area contributed by atoms with E-state index in [1.807, 2.05) is 6.92 Å². The van der Waals surface area contributed by atoms with Gasteiger partial charge in [0.1, 0.15) is 0 Å². The number of carbonyl (C=O) groups is 2. The van der Waals surface area contributed by atoms with Crippen LogP contribution in [0.15, 0.2) is 0 Å². The second-order valence-electron chi connectivity index (χ2n) is 2.08. The molecule has 0 heterocycles. The molecule has 56 valence electrons. The van der Waals surface area contributed by atoms with Crippen molar-refractivity contribution in [3.8, 4) is 0 Å². The Balaban J connectivity index is 0. The predicted octanol–water partition coefficient (Wildman–Crippen LogP) is 1.33. The largest absolute Gasteiger partial charge is 0.291 e. The SMILES string of the molecule is CCCCC(=O)C(C)=O.[Ti]. The third-order valence-electron chi connectivity index (χ3n) is 1.15. The second kappa shape index (κ2) is 7.16. The van der Waals surface area contributed by atoms with Gasteiger partial charge in [0.05, 0.1) is 0 Å². The van der Waals surface area contributed by atoms with Crippen molar-refractivity contribution in [3.05, 3.63) is 0 Å². The van der Waals surface area contributed by atoms with Crippen LogP contribution in [0.3, 0.4) is 0 Å². The number of hydrogen-bond acceptors (Lipinski definition) is 2. The van der Waals surface area contributed by atoms with Gasteiger partial charge in [-0.2, -0.15) is 0 Å². The van der Waals surface area contributed by atoms with E-state index < -0.39 is 0 Å². The zero-order valence-electron chi connectivity index (χ0n) is 6.44. The average Bonchev–Trinajstić information content (AvgIpc) is 1.82. The molecule has 0 aliphatic rings. The molecule has 0 unspecified atom stereocenters. The normalized spacial score (nSPS) is 8.20. The van der Waals surface area contributed by atoms with Crippen molar-refractivity contribution in [3.63, 3.8) is 0 Å². The Morgan fingerprint density at radius 3 is 2.10 bits per heavy atom. The van der Waals surface area contributed by atoms with E-state index in [0.717, 1.165) is 12.8 Å². The van der Waals surface area contributed by atoms with Gasteiger partial charge < -0.3 is 0 Å². The summed E-state index contributed by atoms with van der Waals surface area (Å²) in [7, 11) is 0. The maximum Gasteiger partial charge on any atom is 0.198 e. The van der Waals surface area contributed by atoms with Crippen LogP contribution >= 0.6 is 0 Å².